The summed E-state index contributed by atoms with van der Waals surface area (Å²) in [5.41, 5.74) is 3.10. The van der Waals surface area contributed by atoms with E-state index >= 15 is 0 Å². The van der Waals surface area contributed by atoms with Crippen molar-refractivity contribution in [1.82, 2.24) is 14.7 Å². The molecule has 0 N–H and O–H groups in total. The van der Waals surface area contributed by atoms with Crippen LogP contribution < -0.4 is 9.47 Å². The first-order valence-corrected chi connectivity index (χ1v) is 11.9. The zero-order chi connectivity index (χ0) is 23.8. The van der Waals surface area contributed by atoms with Crippen molar-refractivity contribution >= 4 is 5.91 Å². The molecule has 1 fully saturated rings. The third kappa shape index (κ3) is 7.21. The van der Waals surface area contributed by atoms with Crippen molar-refractivity contribution in [3.05, 3.63) is 59.2 Å². The summed E-state index contributed by atoms with van der Waals surface area (Å²) in [6.45, 7) is 10.9. The Morgan fingerprint density at radius 3 is 2.36 bits per heavy atom. The number of benzene rings is 2. The van der Waals surface area contributed by atoms with Gasteiger partial charge < -0.3 is 19.3 Å². The number of hydrogen-bond donors (Lipinski definition) is 0. The average molecular weight is 454 g/mol. The van der Waals surface area contributed by atoms with Gasteiger partial charge in [-0.15, -0.1) is 0 Å². The third-order valence-electron chi connectivity index (χ3n) is 6.17. The minimum atomic E-state index is 0.101. The van der Waals surface area contributed by atoms with Gasteiger partial charge in [-0.3, -0.25) is 9.69 Å². The number of hydrogen-bond acceptors (Lipinski definition) is 5. The Morgan fingerprint density at radius 1 is 0.970 bits per heavy atom. The average Bonchev–Trinajstić information content (AvgIpc) is 2.82. The molecule has 2 aromatic rings. The van der Waals surface area contributed by atoms with Gasteiger partial charge in [0.05, 0.1) is 14.2 Å². The van der Waals surface area contributed by atoms with E-state index in [4.69, 9.17) is 9.47 Å². The smallest absolute Gasteiger partial charge is 0.253 e. The van der Waals surface area contributed by atoms with Gasteiger partial charge in [0.1, 0.15) is 0 Å². The molecule has 3 rings (SSSR count). The van der Waals surface area contributed by atoms with Crippen molar-refractivity contribution in [2.24, 2.45) is 5.92 Å². The van der Waals surface area contributed by atoms with E-state index in [2.05, 4.69) is 42.8 Å². The fourth-order valence-electron chi connectivity index (χ4n) is 4.27. The van der Waals surface area contributed by atoms with Crippen LogP contribution in [0.1, 0.15) is 35.3 Å². The van der Waals surface area contributed by atoms with Gasteiger partial charge in [-0.2, -0.15) is 0 Å². The Kier molecular flexibility index (Phi) is 9.15. The maximum Gasteiger partial charge on any atom is 0.253 e. The van der Waals surface area contributed by atoms with Gasteiger partial charge in [0.15, 0.2) is 11.5 Å². The maximum atomic E-state index is 13.5. The largest absolute Gasteiger partial charge is 0.493 e. The van der Waals surface area contributed by atoms with Gasteiger partial charge in [0, 0.05) is 51.4 Å². The van der Waals surface area contributed by atoms with Gasteiger partial charge >= 0.3 is 0 Å². The van der Waals surface area contributed by atoms with Crippen LogP contribution in [0.15, 0.2) is 42.5 Å². The Bertz CT molecular complexity index is 907. The molecule has 0 radical (unpaired) electrons. The van der Waals surface area contributed by atoms with Crippen molar-refractivity contribution in [3.8, 4) is 11.5 Å². The fraction of sp³-hybridized carbons (Fsp3) is 0.519. The van der Waals surface area contributed by atoms with E-state index in [1.165, 1.54) is 5.56 Å². The summed E-state index contributed by atoms with van der Waals surface area (Å²) in [5.74, 6) is 1.93. The molecule has 0 unspecified atom stereocenters. The molecule has 1 amide bonds. The second kappa shape index (κ2) is 12.1. The summed E-state index contributed by atoms with van der Waals surface area (Å²) in [5, 5.41) is 0. The summed E-state index contributed by atoms with van der Waals surface area (Å²) in [6, 6.07) is 14.1. The Hall–Kier alpha value is -2.57. The van der Waals surface area contributed by atoms with Crippen LogP contribution in [0.25, 0.3) is 0 Å². The van der Waals surface area contributed by atoms with E-state index in [-0.39, 0.29) is 5.91 Å². The molecule has 0 spiro atoms. The van der Waals surface area contributed by atoms with Gasteiger partial charge in [0.2, 0.25) is 0 Å². The minimum Gasteiger partial charge on any atom is -0.493 e. The van der Waals surface area contributed by atoms with Crippen LogP contribution in [-0.4, -0.2) is 81.1 Å². The minimum absolute atomic E-state index is 0.101. The van der Waals surface area contributed by atoms with Gasteiger partial charge in [-0.05, 0) is 54.8 Å². The van der Waals surface area contributed by atoms with Crippen LogP contribution in [0.4, 0.5) is 0 Å². The highest BCUT2D eigenvalue weighted by Gasteiger charge is 2.19. The maximum absolute atomic E-state index is 13.5. The number of methoxy groups -OCH3 is 2. The highest BCUT2D eigenvalue weighted by molar-refractivity contribution is 5.94. The highest BCUT2D eigenvalue weighted by Crippen LogP contribution is 2.28. The zero-order valence-corrected chi connectivity index (χ0v) is 20.8. The molecule has 6 heteroatoms. The highest BCUT2D eigenvalue weighted by atomic mass is 16.5. The van der Waals surface area contributed by atoms with E-state index in [1.807, 2.05) is 35.2 Å². The Labute approximate surface area is 199 Å². The predicted octanol–water partition coefficient (Wildman–Crippen LogP) is 3.79. The molecule has 33 heavy (non-hydrogen) atoms. The lowest BCUT2D eigenvalue weighted by Gasteiger charge is -2.32. The van der Waals surface area contributed by atoms with Crippen LogP contribution in [0.3, 0.4) is 0 Å². The number of carbonyl (C=O) groups is 1. The summed E-state index contributed by atoms with van der Waals surface area (Å²) in [4.78, 5) is 20.3. The van der Waals surface area contributed by atoms with Crippen molar-refractivity contribution in [3.63, 3.8) is 0 Å². The molecule has 1 aliphatic rings. The lowest BCUT2D eigenvalue weighted by atomic mass is 10.1. The second-order valence-electron chi connectivity index (χ2n) is 9.36. The van der Waals surface area contributed by atoms with Crippen LogP contribution in [0, 0.1) is 5.92 Å². The number of likely N-dealkylation sites (N-methyl/N-ethyl adjacent to an activating group) is 1. The number of rotatable bonds is 10. The quantitative estimate of drug-likeness (QED) is 0.548. The van der Waals surface area contributed by atoms with E-state index < -0.39 is 0 Å². The van der Waals surface area contributed by atoms with Crippen LogP contribution >= 0.6 is 0 Å². The molecule has 1 aliphatic heterocycles. The number of carbonyl (C=O) groups excluding carboxylic acids is 1. The molecule has 1 saturated heterocycles. The first-order chi connectivity index (χ1) is 15.9. The van der Waals surface area contributed by atoms with Crippen molar-refractivity contribution in [2.45, 2.75) is 26.8 Å². The topological polar surface area (TPSA) is 45.2 Å². The lowest BCUT2D eigenvalue weighted by molar-refractivity contribution is 0.0737. The number of amides is 1. The lowest BCUT2D eigenvalue weighted by Crippen LogP contribution is -2.43. The molecule has 6 nitrogen and oxygen atoms in total. The third-order valence-corrected chi connectivity index (χ3v) is 6.17. The summed E-state index contributed by atoms with van der Waals surface area (Å²) < 4.78 is 10.8. The van der Waals surface area contributed by atoms with Crippen molar-refractivity contribution in [1.29, 1.82) is 0 Å². The number of piperazine rings is 1. The molecule has 0 aliphatic carbocycles. The van der Waals surface area contributed by atoms with Gasteiger partial charge in [-0.1, -0.05) is 32.0 Å². The number of ether oxygens (including phenoxy) is 2. The summed E-state index contributed by atoms with van der Waals surface area (Å²) in [6.07, 6.45) is 0.764. The molecular formula is C27H39N3O3. The van der Waals surface area contributed by atoms with Crippen molar-refractivity contribution in [2.75, 3.05) is 60.5 Å². The fourth-order valence-corrected chi connectivity index (χ4v) is 4.27. The molecular weight excluding hydrogens is 414 g/mol. The summed E-state index contributed by atoms with van der Waals surface area (Å²) in [7, 11) is 5.45. The van der Waals surface area contributed by atoms with Crippen LogP contribution in [0.2, 0.25) is 0 Å². The number of nitrogens with zero attached hydrogens (tertiary/aromatic N) is 3. The van der Waals surface area contributed by atoms with Crippen LogP contribution in [0.5, 0.6) is 11.5 Å². The molecule has 180 valence electrons. The SMILES string of the molecule is COc1ccc(CCN(CC(C)C)C(=O)c2cccc(CN3CCN(C)CC3)c2)cc1OC. The second-order valence-corrected chi connectivity index (χ2v) is 9.36. The zero-order valence-electron chi connectivity index (χ0n) is 20.8. The van der Waals surface area contributed by atoms with E-state index in [0.29, 0.717) is 24.0 Å². The van der Waals surface area contributed by atoms with Gasteiger partial charge in [-0.25, -0.2) is 0 Å². The van der Waals surface area contributed by atoms with E-state index in [9.17, 15) is 4.79 Å². The monoisotopic (exact) mass is 453 g/mol. The first-order valence-electron chi connectivity index (χ1n) is 11.9. The molecule has 0 atom stereocenters. The first kappa shape index (κ1) is 25.1. The standard InChI is InChI=1S/C27H39N3O3/c1-21(2)19-30(12-11-22-9-10-25(32-4)26(18-22)33-5)27(31)24-8-6-7-23(17-24)20-29-15-13-28(3)14-16-29/h6-10,17-18,21H,11-16,19-20H2,1-5H3. The molecule has 2 aromatic carbocycles. The van der Waals surface area contributed by atoms with Gasteiger partial charge in [0.25, 0.3) is 5.91 Å². The van der Waals surface area contributed by atoms with E-state index in [1.54, 1.807) is 14.2 Å². The Balaban J connectivity index is 1.68. The van der Waals surface area contributed by atoms with E-state index in [0.717, 1.165) is 56.8 Å². The van der Waals surface area contributed by atoms with Crippen molar-refractivity contribution < 1.29 is 14.3 Å². The molecule has 1 heterocycles. The molecule has 0 bridgehead atoms. The Morgan fingerprint density at radius 2 is 1.70 bits per heavy atom. The summed E-state index contributed by atoms with van der Waals surface area (Å²) >= 11 is 0. The normalized spacial score (nSPS) is 15.0. The molecule has 0 saturated carbocycles. The van der Waals surface area contributed by atoms with Crippen LogP contribution in [-0.2, 0) is 13.0 Å². The predicted molar refractivity (Wildman–Crippen MR) is 133 cm³/mol. The molecule has 0 aromatic heterocycles.